The van der Waals surface area contributed by atoms with Gasteiger partial charge in [0.1, 0.15) is 5.75 Å². The van der Waals surface area contributed by atoms with Crippen molar-refractivity contribution < 1.29 is 9.53 Å². The van der Waals surface area contributed by atoms with Crippen molar-refractivity contribution in [1.82, 2.24) is 5.32 Å². The Bertz CT molecular complexity index is 467. The summed E-state index contributed by atoms with van der Waals surface area (Å²) in [6.07, 6.45) is 0.624. The fourth-order valence-electron chi connectivity index (χ4n) is 1.46. The number of aryl methyl sites for hydroxylation is 1. The number of carbonyl (C=O) groups is 1. The van der Waals surface area contributed by atoms with Crippen LogP contribution in [-0.4, -0.2) is 26.1 Å². The molecule has 0 radical (unpaired) electrons. The Balaban J connectivity index is 2.53. The van der Waals surface area contributed by atoms with Crippen molar-refractivity contribution >= 4 is 5.91 Å². The first kappa shape index (κ1) is 13.9. The van der Waals surface area contributed by atoms with Crippen LogP contribution in [0.4, 0.5) is 0 Å². The molecule has 6 nitrogen and oxygen atoms in total. The second kappa shape index (κ2) is 7.19. The molecule has 0 fully saturated rings. The van der Waals surface area contributed by atoms with Gasteiger partial charge in [0.15, 0.2) is 0 Å². The Hall–Kier alpha value is -2.20. The molecule has 0 aliphatic rings. The summed E-state index contributed by atoms with van der Waals surface area (Å²) in [6.45, 7) is 2.78. The van der Waals surface area contributed by atoms with Crippen molar-refractivity contribution in [2.45, 2.75) is 13.3 Å². The van der Waals surface area contributed by atoms with Crippen LogP contribution in [0, 0.1) is 6.92 Å². The van der Waals surface area contributed by atoms with Gasteiger partial charge in [-0.1, -0.05) is 11.2 Å². The fourth-order valence-corrected chi connectivity index (χ4v) is 1.46. The molecule has 0 aromatic heterocycles. The highest BCUT2D eigenvalue weighted by Crippen LogP contribution is 2.18. The lowest BCUT2D eigenvalue weighted by Gasteiger charge is -2.08. The first-order valence-corrected chi connectivity index (χ1v) is 5.62. The van der Waals surface area contributed by atoms with E-state index in [0.29, 0.717) is 30.8 Å². The first-order valence-electron chi connectivity index (χ1n) is 5.62. The SMILES string of the molecule is COc1cc(C(=O)NCCCN=[N+]=[N-])ccc1C. The second-order valence-electron chi connectivity index (χ2n) is 3.75. The molecule has 0 bridgehead atoms. The van der Waals surface area contributed by atoms with Crippen LogP contribution in [0.2, 0.25) is 0 Å². The maximum Gasteiger partial charge on any atom is 0.251 e. The van der Waals surface area contributed by atoms with E-state index >= 15 is 0 Å². The highest BCUT2D eigenvalue weighted by Gasteiger charge is 2.07. The molecule has 0 spiro atoms. The molecule has 1 amide bonds. The molecule has 0 saturated carbocycles. The number of rotatable bonds is 6. The van der Waals surface area contributed by atoms with Gasteiger partial charge in [0.05, 0.1) is 7.11 Å². The number of amides is 1. The van der Waals surface area contributed by atoms with Crippen molar-refractivity contribution in [3.8, 4) is 5.75 Å². The van der Waals surface area contributed by atoms with Crippen LogP contribution in [-0.2, 0) is 0 Å². The number of hydrogen-bond donors (Lipinski definition) is 1. The minimum atomic E-state index is -0.158. The standard InChI is InChI=1S/C12H16N4O2/c1-9-4-5-10(8-11(9)18-2)12(17)14-6-3-7-15-16-13/h4-5,8H,3,6-7H2,1-2H3,(H,14,17). The molecule has 1 rings (SSSR count). The van der Waals surface area contributed by atoms with E-state index in [1.807, 2.05) is 13.0 Å². The molecule has 1 N–H and O–H groups in total. The molecule has 96 valence electrons. The lowest BCUT2D eigenvalue weighted by Crippen LogP contribution is -2.24. The number of hydrogen-bond acceptors (Lipinski definition) is 3. The van der Waals surface area contributed by atoms with Crippen LogP contribution >= 0.6 is 0 Å². The van der Waals surface area contributed by atoms with Gasteiger partial charge in [-0.05, 0) is 36.6 Å². The van der Waals surface area contributed by atoms with Crippen molar-refractivity contribution in [3.63, 3.8) is 0 Å². The Morgan fingerprint density at radius 2 is 2.33 bits per heavy atom. The molecule has 0 aliphatic heterocycles. The summed E-state index contributed by atoms with van der Waals surface area (Å²) in [5, 5.41) is 6.14. The molecular weight excluding hydrogens is 232 g/mol. The van der Waals surface area contributed by atoms with Crippen molar-refractivity contribution in [2.24, 2.45) is 5.11 Å². The Morgan fingerprint density at radius 1 is 1.56 bits per heavy atom. The summed E-state index contributed by atoms with van der Waals surface area (Å²) in [7, 11) is 1.57. The highest BCUT2D eigenvalue weighted by molar-refractivity contribution is 5.94. The smallest absolute Gasteiger partial charge is 0.251 e. The van der Waals surface area contributed by atoms with E-state index in [-0.39, 0.29) is 5.91 Å². The summed E-state index contributed by atoms with van der Waals surface area (Å²) >= 11 is 0. The molecule has 18 heavy (non-hydrogen) atoms. The summed E-state index contributed by atoms with van der Waals surface area (Å²) in [6, 6.07) is 5.30. The van der Waals surface area contributed by atoms with Gasteiger partial charge in [-0.25, -0.2) is 0 Å². The number of ether oxygens (including phenoxy) is 1. The maximum atomic E-state index is 11.8. The van der Waals surface area contributed by atoms with Gasteiger partial charge in [0, 0.05) is 23.6 Å². The minimum absolute atomic E-state index is 0.158. The average molecular weight is 248 g/mol. The molecule has 1 aromatic carbocycles. The Labute approximate surface area is 106 Å². The van der Waals surface area contributed by atoms with Gasteiger partial charge in [-0.15, -0.1) is 0 Å². The molecule has 0 heterocycles. The fraction of sp³-hybridized carbons (Fsp3) is 0.417. The van der Waals surface area contributed by atoms with Crippen LogP contribution in [0.25, 0.3) is 10.4 Å². The summed E-state index contributed by atoms with van der Waals surface area (Å²) < 4.78 is 5.16. The van der Waals surface area contributed by atoms with Gasteiger partial charge in [0.25, 0.3) is 5.91 Å². The van der Waals surface area contributed by atoms with E-state index in [4.69, 9.17) is 10.3 Å². The molecule has 0 aliphatic carbocycles. The van der Waals surface area contributed by atoms with Gasteiger partial charge < -0.3 is 10.1 Å². The van der Waals surface area contributed by atoms with Crippen LogP contribution < -0.4 is 10.1 Å². The molecule has 0 atom stereocenters. The molecular formula is C12H16N4O2. The van der Waals surface area contributed by atoms with E-state index in [2.05, 4.69) is 15.3 Å². The second-order valence-corrected chi connectivity index (χ2v) is 3.75. The highest BCUT2D eigenvalue weighted by atomic mass is 16.5. The number of benzene rings is 1. The number of methoxy groups -OCH3 is 1. The number of carbonyl (C=O) groups excluding carboxylic acids is 1. The normalized spacial score (nSPS) is 9.44. The third kappa shape index (κ3) is 3.99. The molecule has 0 unspecified atom stereocenters. The number of nitrogens with zero attached hydrogens (tertiary/aromatic N) is 3. The molecule has 6 heteroatoms. The van der Waals surface area contributed by atoms with Crippen LogP contribution in [0.15, 0.2) is 23.3 Å². The average Bonchev–Trinajstić information content (AvgIpc) is 2.38. The van der Waals surface area contributed by atoms with Gasteiger partial charge in [0.2, 0.25) is 0 Å². The zero-order valence-electron chi connectivity index (χ0n) is 10.5. The third-order valence-corrected chi connectivity index (χ3v) is 2.45. The molecule has 1 aromatic rings. The predicted octanol–water partition coefficient (Wildman–Crippen LogP) is 2.43. The van der Waals surface area contributed by atoms with E-state index in [0.717, 1.165) is 5.56 Å². The van der Waals surface area contributed by atoms with E-state index in [9.17, 15) is 4.79 Å². The zero-order valence-corrected chi connectivity index (χ0v) is 10.5. The lowest BCUT2D eigenvalue weighted by molar-refractivity contribution is 0.0953. The number of azide groups is 1. The van der Waals surface area contributed by atoms with Crippen LogP contribution in [0.3, 0.4) is 0 Å². The Morgan fingerprint density at radius 3 is 3.00 bits per heavy atom. The van der Waals surface area contributed by atoms with E-state index in [1.54, 1.807) is 19.2 Å². The van der Waals surface area contributed by atoms with E-state index in [1.165, 1.54) is 0 Å². The largest absolute Gasteiger partial charge is 0.496 e. The topological polar surface area (TPSA) is 87.1 Å². The third-order valence-electron chi connectivity index (χ3n) is 2.45. The molecule has 0 saturated heterocycles. The van der Waals surface area contributed by atoms with Gasteiger partial charge >= 0.3 is 0 Å². The van der Waals surface area contributed by atoms with Crippen LogP contribution in [0.5, 0.6) is 5.75 Å². The lowest BCUT2D eigenvalue weighted by atomic mass is 10.1. The van der Waals surface area contributed by atoms with Crippen molar-refractivity contribution in [2.75, 3.05) is 20.2 Å². The van der Waals surface area contributed by atoms with E-state index < -0.39 is 0 Å². The Kier molecular flexibility index (Phi) is 5.54. The summed E-state index contributed by atoms with van der Waals surface area (Å²) in [5.41, 5.74) is 9.63. The maximum absolute atomic E-state index is 11.8. The summed E-state index contributed by atoms with van der Waals surface area (Å²) in [4.78, 5) is 14.4. The monoisotopic (exact) mass is 248 g/mol. The predicted molar refractivity (Wildman–Crippen MR) is 68.7 cm³/mol. The van der Waals surface area contributed by atoms with Crippen LogP contribution in [0.1, 0.15) is 22.3 Å². The minimum Gasteiger partial charge on any atom is -0.496 e. The van der Waals surface area contributed by atoms with Gasteiger partial charge in [-0.2, -0.15) is 0 Å². The zero-order chi connectivity index (χ0) is 13.4. The first-order chi connectivity index (χ1) is 8.69. The number of nitrogens with one attached hydrogen (secondary N) is 1. The van der Waals surface area contributed by atoms with Crippen molar-refractivity contribution in [1.29, 1.82) is 0 Å². The van der Waals surface area contributed by atoms with Gasteiger partial charge in [-0.3, -0.25) is 4.79 Å². The summed E-state index contributed by atoms with van der Waals surface area (Å²) in [5.74, 6) is 0.533. The van der Waals surface area contributed by atoms with Crippen molar-refractivity contribution in [3.05, 3.63) is 39.8 Å². The quantitative estimate of drug-likeness (QED) is 0.362.